The zero-order valence-electron chi connectivity index (χ0n) is 14.5. The Kier molecular flexibility index (Phi) is 3.93. The van der Waals surface area contributed by atoms with E-state index in [1.807, 2.05) is 56.4 Å². The molecule has 6 heteroatoms. The Bertz CT molecular complexity index is 1090. The first-order chi connectivity index (χ1) is 12.6. The molecule has 4 aromatic rings. The van der Waals surface area contributed by atoms with Crippen molar-refractivity contribution in [2.24, 2.45) is 0 Å². The van der Waals surface area contributed by atoms with Crippen LogP contribution in [0, 0.1) is 13.8 Å². The third-order valence-electron chi connectivity index (χ3n) is 4.18. The van der Waals surface area contributed by atoms with Crippen molar-refractivity contribution in [3.63, 3.8) is 0 Å². The van der Waals surface area contributed by atoms with E-state index in [0.717, 1.165) is 22.3 Å². The number of carbonyl (C=O) groups is 1. The molecule has 0 bridgehead atoms. The Balaban J connectivity index is 1.59. The van der Waals surface area contributed by atoms with Crippen LogP contribution in [0.5, 0.6) is 0 Å². The van der Waals surface area contributed by atoms with Crippen molar-refractivity contribution < 1.29 is 4.79 Å². The lowest BCUT2D eigenvalue weighted by atomic mass is 10.1. The summed E-state index contributed by atoms with van der Waals surface area (Å²) in [7, 11) is 0. The van der Waals surface area contributed by atoms with Gasteiger partial charge in [0.25, 0.3) is 5.91 Å². The van der Waals surface area contributed by atoms with E-state index >= 15 is 0 Å². The molecule has 0 saturated carbocycles. The van der Waals surface area contributed by atoms with E-state index in [1.54, 1.807) is 23.3 Å². The molecule has 0 atom stereocenters. The predicted molar refractivity (Wildman–Crippen MR) is 101 cm³/mol. The predicted octanol–water partition coefficient (Wildman–Crippen LogP) is 3.68. The Morgan fingerprint density at radius 1 is 1.12 bits per heavy atom. The summed E-state index contributed by atoms with van der Waals surface area (Å²) < 4.78 is 1.80. The number of aromatic nitrogens is 4. The number of aryl methyl sites for hydroxylation is 2. The molecule has 3 aromatic heterocycles. The van der Waals surface area contributed by atoms with Crippen LogP contribution in [0.15, 0.2) is 61.3 Å². The molecule has 1 aromatic carbocycles. The van der Waals surface area contributed by atoms with Gasteiger partial charge < -0.3 is 5.32 Å². The molecule has 0 aliphatic carbocycles. The van der Waals surface area contributed by atoms with E-state index in [4.69, 9.17) is 0 Å². The van der Waals surface area contributed by atoms with Crippen molar-refractivity contribution >= 4 is 22.5 Å². The van der Waals surface area contributed by atoms with Crippen LogP contribution in [0.3, 0.4) is 0 Å². The van der Waals surface area contributed by atoms with E-state index in [2.05, 4.69) is 20.3 Å². The molecule has 0 unspecified atom stereocenters. The average molecular weight is 343 g/mol. The second kappa shape index (κ2) is 6.40. The van der Waals surface area contributed by atoms with E-state index in [-0.39, 0.29) is 5.91 Å². The summed E-state index contributed by atoms with van der Waals surface area (Å²) in [6, 6.07) is 11.5. The Hall–Kier alpha value is -3.54. The second-order valence-corrected chi connectivity index (χ2v) is 6.15. The van der Waals surface area contributed by atoms with E-state index in [9.17, 15) is 4.79 Å². The molecule has 3 heterocycles. The van der Waals surface area contributed by atoms with Crippen LogP contribution in [0.25, 0.3) is 16.7 Å². The molecule has 0 fully saturated rings. The highest BCUT2D eigenvalue weighted by molar-refractivity contribution is 6.06. The van der Waals surface area contributed by atoms with Gasteiger partial charge in [0.2, 0.25) is 0 Å². The molecule has 1 N–H and O–H groups in total. The number of carbonyl (C=O) groups excluding carboxylic acids is 1. The normalized spacial score (nSPS) is 10.8. The number of rotatable bonds is 3. The second-order valence-electron chi connectivity index (χ2n) is 6.15. The summed E-state index contributed by atoms with van der Waals surface area (Å²) in [4.78, 5) is 25.6. The number of imidazole rings is 1. The maximum absolute atomic E-state index is 12.7. The summed E-state index contributed by atoms with van der Waals surface area (Å²) >= 11 is 0. The molecule has 1 amide bonds. The van der Waals surface area contributed by atoms with E-state index in [1.165, 1.54) is 0 Å². The molecular formula is C20H17N5O. The van der Waals surface area contributed by atoms with Crippen LogP contribution in [0.1, 0.15) is 21.6 Å². The minimum Gasteiger partial charge on any atom is -0.321 e. The standard InChI is InChI=1S/C20H17N5O/c1-13-3-4-15-10-17(14(2)23-18(15)9-13)20(26)24-16-5-6-19(22-11-16)25-8-7-21-12-25/h3-12H,1-2H3,(H,24,26). The van der Waals surface area contributed by atoms with Crippen LogP contribution in [-0.4, -0.2) is 25.4 Å². The smallest absolute Gasteiger partial charge is 0.257 e. The molecule has 0 aliphatic heterocycles. The van der Waals surface area contributed by atoms with Crippen molar-refractivity contribution in [1.29, 1.82) is 0 Å². The highest BCUT2D eigenvalue weighted by atomic mass is 16.1. The van der Waals surface area contributed by atoms with Gasteiger partial charge in [0.05, 0.1) is 28.7 Å². The molecule has 0 radical (unpaired) electrons. The highest BCUT2D eigenvalue weighted by Gasteiger charge is 2.12. The fraction of sp³-hybridized carbons (Fsp3) is 0.100. The maximum atomic E-state index is 12.7. The summed E-state index contributed by atoms with van der Waals surface area (Å²) in [5.41, 5.74) is 3.92. The van der Waals surface area contributed by atoms with Gasteiger partial charge in [-0.15, -0.1) is 0 Å². The van der Waals surface area contributed by atoms with Gasteiger partial charge in [-0.25, -0.2) is 9.97 Å². The van der Waals surface area contributed by atoms with Gasteiger partial charge in [-0.2, -0.15) is 0 Å². The number of nitrogens with one attached hydrogen (secondary N) is 1. The quantitative estimate of drug-likeness (QED) is 0.616. The zero-order chi connectivity index (χ0) is 18.1. The first-order valence-electron chi connectivity index (χ1n) is 8.24. The number of fused-ring (bicyclic) bond motifs is 1. The molecule has 0 spiro atoms. The number of nitrogens with zero attached hydrogens (tertiary/aromatic N) is 4. The van der Waals surface area contributed by atoms with Crippen LogP contribution >= 0.6 is 0 Å². The number of hydrogen-bond donors (Lipinski definition) is 1. The lowest BCUT2D eigenvalue weighted by Gasteiger charge is -2.09. The summed E-state index contributed by atoms with van der Waals surface area (Å²) in [6.07, 6.45) is 6.80. The summed E-state index contributed by atoms with van der Waals surface area (Å²) in [6.45, 7) is 3.87. The largest absolute Gasteiger partial charge is 0.321 e. The fourth-order valence-electron chi connectivity index (χ4n) is 2.81. The van der Waals surface area contributed by atoms with Gasteiger partial charge in [0.15, 0.2) is 0 Å². The van der Waals surface area contributed by atoms with Gasteiger partial charge in [-0.1, -0.05) is 12.1 Å². The first kappa shape index (κ1) is 16.0. The van der Waals surface area contributed by atoms with Gasteiger partial charge in [-0.3, -0.25) is 14.3 Å². The third kappa shape index (κ3) is 3.04. The van der Waals surface area contributed by atoms with Crippen molar-refractivity contribution in [1.82, 2.24) is 19.5 Å². The molecule has 6 nitrogen and oxygen atoms in total. The monoisotopic (exact) mass is 343 g/mol. The Morgan fingerprint density at radius 3 is 2.73 bits per heavy atom. The number of hydrogen-bond acceptors (Lipinski definition) is 4. The van der Waals surface area contributed by atoms with Crippen LogP contribution in [-0.2, 0) is 0 Å². The SMILES string of the molecule is Cc1ccc2cc(C(=O)Nc3ccc(-n4ccnc4)nc3)c(C)nc2c1. The zero-order valence-corrected chi connectivity index (χ0v) is 14.5. The Morgan fingerprint density at radius 2 is 2.00 bits per heavy atom. The number of anilines is 1. The summed E-state index contributed by atoms with van der Waals surface area (Å²) in [5, 5.41) is 3.83. The van der Waals surface area contributed by atoms with Crippen LogP contribution < -0.4 is 5.32 Å². The number of benzene rings is 1. The fourth-order valence-corrected chi connectivity index (χ4v) is 2.81. The molecule has 26 heavy (non-hydrogen) atoms. The lowest BCUT2D eigenvalue weighted by Crippen LogP contribution is -2.14. The van der Waals surface area contributed by atoms with Crippen molar-refractivity contribution in [3.05, 3.63) is 78.1 Å². The van der Waals surface area contributed by atoms with Gasteiger partial charge >= 0.3 is 0 Å². The molecular weight excluding hydrogens is 326 g/mol. The molecule has 4 rings (SSSR count). The van der Waals surface area contributed by atoms with Gasteiger partial charge in [0.1, 0.15) is 12.1 Å². The topological polar surface area (TPSA) is 72.7 Å². The van der Waals surface area contributed by atoms with Gasteiger partial charge in [0, 0.05) is 17.8 Å². The summed E-state index contributed by atoms with van der Waals surface area (Å²) in [5.74, 6) is 0.536. The molecule has 128 valence electrons. The van der Waals surface area contributed by atoms with E-state index < -0.39 is 0 Å². The number of pyridine rings is 2. The van der Waals surface area contributed by atoms with E-state index in [0.29, 0.717) is 16.9 Å². The molecule has 0 saturated heterocycles. The lowest BCUT2D eigenvalue weighted by molar-refractivity contribution is 0.102. The van der Waals surface area contributed by atoms with Crippen LogP contribution in [0.4, 0.5) is 5.69 Å². The maximum Gasteiger partial charge on any atom is 0.257 e. The minimum absolute atomic E-state index is 0.199. The molecule has 0 aliphatic rings. The van der Waals surface area contributed by atoms with Crippen molar-refractivity contribution in [3.8, 4) is 5.82 Å². The highest BCUT2D eigenvalue weighted by Crippen LogP contribution is 2.19. The van der Waals surface area contributed by atoms with Crippen LogP contribution in [0.2, 0.25) is 0 Å². The van der Waals surface area contributed by atoms with Crippen molar-refractivity contribution in [2.45, 2.75) is 13.8 Å². The third-order valence-corrected chi connectivity index (χ3v) is 4.18. The minimum atomic E-state index is -0.199. The van der Waals surface area contributed by atoms with Gasteiger partial charge in [-0.05, 0) is 43.7 Å². The number of amides is 1. The average Bonchev–Trinajstić information content (AvgIpc) is 3.16. The van der Waals surface area contributed by atoms with Crippen molar-refractivity contribution in [2.75, 3.05) is 5.32 Å². The first-order valence-corrected chi connectivity index (χ1v) is 8.24. The Labute approximate surface area is 150 Å².